The SMILES string of the molecule is NNC(CC1CCCCC1)c1cnccn1. The van der Waals surface area contributed by atoms with Crippen LogP contribution in [0, 0.1) is 5.92 Å². The molecule has 1 aromatic rings. The Labute approximate surface area is 96.6 Å². The number of hydrogen-bond donors (Lipinski definition) is 2. The maximum absolute atomic E-state index is 5.60. The van der Waals surface area contributed by atoms with E-state index < -0.39 is 0 Å². The molecule has 0 saturated heterocycles. The van der Waals surface area contributed by atoms with Crippen LogP contribution in [-0.4, -0.2) is 9.97 Å². The van der Waals surface area contributed by atoms with Gasteiger partial charge in [-0.25, -0.2) is 0 Å². The maximum atomic E-state index is 5.60. The fourth-order valence-corrected chi connectivity index (χ4v) is 2.52. The minimum atomic E-state index is 0.150. The second kappa shape index (κ2) is 5.92. The summed E-state index contributed by atoms with van der Waals surface area (Å²) < 4.78 is 0. The lowest BCUT2D eigenvalue weighted by atomic mass is 9.84. The Morgan fingerprint density at radius 1 is 1.31 bits per heavy atom. The van der Waals surface area contributed by atoms with Crippen LogP contribution < -0.4 is 11.3 Å². The molecule has 1 aliphatic rings. The minimum Gasteiger partial charge on any atom is -0.271 e. The predicted molar refractivity (Wildman–Crippen MR) is 63.3 cm³/mol. The molecular formula is C12H20N4. The topological polar surface area (TPSA) is 63.8 Å². The average Bonchev–Trinajstić information content (AvgIpc) is 2.38. The van der Waals surface area contributed by atoms with Crippen molar-refractivity contribution < 1.29 is 0 Å². The molecule has 1 unspecified atom stereocenters. The smallest absolute Gasteiger partial charge is 0.0769 e. The van der Waals surface area contributed by atoms with E-state index in [-0.39, 0.29) is 6.04 Å². The van der Waals surface area contributed by atoms with Gasteiger partial charge in [0.25, 0.3) is 0 Å². The zero-order valence-electron chi connectivity index (χ0n) is 9.60. The Kier molecular flexibility index (Phi) is 4.25. The average molecular weight is 220 g/mol. The molecule has 1 atom stereocenters. The molecule has 3 N–H and O–H groups in total. The predicted octanol–water partition coefficient (Wildman–Crippen LogP) is 1.95. The molecule has 0 bridgehead atoms. The van der Waals surface area contributed by atoms with Crippen molar-refractivity contribution in [3.63, 3.8) is 0 Å². The van der Waals surface area contributed by atoms with Crippen molar-refractivity contribution in [2.75, 3.05) is 0 Å². The van der Waals surface area contributed by atoms with Gasteiger partial charge in [0, 0.05) is 12.4 Å². The first-order valence-electron chi connectivity index (χ1n) is 6.12. The van der Waals surface area contributed by atoms with Gasteiger partial charge in [-0.05, 0) is 12.3 Å². The summed E-state index contributed by atoms with van der Waals surface area (Å²) in [4.78, 5) is 8.40. The lowest BCUT2D eigenvalue weighted by Gasteiger charge is -2.25. The van der Waals surface area contributed by atoms with Gasteiger partial charge in [-0.15, -0.1) is 0 Å². The maximum Gasteiger partial charge on any atom is 0.0769 e. The van der Waals surface area contributed by atoms with Gasteiger partial charge in [0.05, 0.1) is 17.9 Å². The van der Waals surface area contributed by atoms with Crippen LogP contribution >= 0.6 is 0 Å². The van der Waals surface area contributed by atoms with E-state index in [1.54, 1.807) is 18.6 Å². The van der Waals surface area contributed by atoms with Crippen LogP contribution in [0.1, 0.15) is 50.3 Å². The summed E-state index contributed by atoms with van der Waals surface area (Å²) in [7, 11) is 0. The van der Waals surface area contributed by atoms with Crippen molar-refractivity contribution >= 4 is 0 Å². The van der Waals surface area contributed by atoms with Gasteiger partial charge in [0.15, 0.2) is 0 Å². The van der Waals surface area contributed by atoms with Gasteiger partial charge < -0.3 is 0 Å². The molecule has 0 spiro atoms. The number of rotatable bonds is 4. The fraction of sp³-hybridized carbons (Fsp3) is 0.667. The summed E-state index contributed by atoms with van der Waals surface area (Å²) in [6.07, 6.45) is 13.1. The molecule has 2 rings (SSSR count). The van der Waals surface area contributed by atoms with Crippen molar-refractivity contribution in [1.29, 1.82) is 0 Å². The lowest BCUT2D eigenvalue weighted by Crippen LogP contribution is -2.30. The van der Waals surface area contributed by atoms with Crippen LogP contribution in [0.4, 0.5) is 0 Å². The number of nitrogens with zero attached hydrogens (tertiary/aromatic N) is 2. The van der Waals surface area contributed by atoms with E-state index >= 15 is 0 Å². The number of nitrogens with one attached hydrogen (secondary N) is 1. The first-order chi connectivity index (χ1) is 7.90. The molecule has 1 saturated carbocycles. The Morgan fingerprint density at radius 3 is 2.75 bits per heavy atom. The fourth-order valence-electron chi connectivity index (χ4n) is 2.52. The quantitative estimate of drug-likeness (QED) is 0.601. The summed E-state index contributed by atoms with van der Waals surface area (Å²) in [6, 6.07) is 0.150. The van der Waals surface area contributed by atoms with Crippen molar-refractivity contribution in [2.45, 2.75) is 44.6 Å². The lowest BCUT2D eigenvalue weighted by molar-refractivity contribution is 0.298. The van der Waals surface area contributed by atoms with E-state index in [1.807, 2.05) is 0 Å². The molecule has 1 aliphatic carbocycles. The van der Waals surface area contributed by atoms with E-state index in [0.717, 1.165) is 18.0 Å². The second-order valence-corrected chi connectivity index (χ2v) is 4.59. The van der Waals surface area contributed by atoms with Crippen LogP contribution in [0.3, 0.4) is 0 Å². The number of nitrogens with two attached hydrogens (primary N) is 1. The van der Waals surface area contributed by atoms with Gasteiger partial charge in [0.1, 0.15) is 0 Å². The first kappa shape index (κ1) is 11.5. The minimum absolute atomic E-state index is 0.150. The zero-order valence-corrected chi connectivity index (χ0v) is 9.60. The van der Waals surface area contributed by atoms with Crippen molar-refractivity contribution in [3.05, 3.63) is 24.3 Å². The van der Waals surface area contributed by atoms with E-state index in [2.05, 4.69) is 15.4 Å². The largest absolute Gasteiger partial charge is 0.271 e. The van der Waals surface area contributed by atoms with Crippen molar-refractivity contribution in [3.8, 4) is 0 Å². The van der Waals surface area contributed by atoms with Gasteiger partial charge in [-0.2, -0.15) is 0 Å². The first-order valence-corrected chi connectivity index (χ1v) is 6.12. The molecule has 16 heavy (non-hydrogen) atoms. The molecule has 0 aromatic carbocycles. The van der Waals surface area contributed by atoms with E-state index in [9.17, 15) is 0 Å². The van der Waals surface area contributed by atoms with Crippen LogP contribution in [0.5, 0.6) is 0 Å². The molecular weight excluding hydrogens is 200 g/mol. The third kappa shape index (κ3) is 3.00. The normalized spacial score (nSPS) is 19.6. The summed E-state index contributed by atoms with van der Waals surface area (Å²) in [5.74, 6) is 6.39. The summed E-state index contributed by atoms with van der Waals surface area (Å²) >= 11 is 0. The molecule has 4 nitrogen and oxygen atoms in total. The van der Waals surface area contributed by atoms with Crippen LogP contribution in [0.2, 0.25) is 0 Å². The summed E-state index contributed by atoms with van der Waals surface area (Å²) in [5.41, 5.74) is 3.82. The van der Waals surface area contributed by atoms with Gasteiger partial charge in [-0.3, -0.25) is 21.2 Å². The number of hydrogen-bond acceptors (Lipinski definition) is 4. The zero-order chi connectivity index (χ0) is 11.2. The Morgan fingerprint density at radius 2 is 2.12 bits per heavy atom. The number of aromatic nitrogens is 2. The molecule has 4 heteroatoms. The van der Waals surface area contributed by atoms with Gasteiger partial charge in [0.2, 0.25) is 0 Å². The highest BCUT2D eigenvalue weighted by Crippen LogP contribution is 2.30. The molecule has 1 aromatic heterocycles. The molecule has 88 valence electrons. The third-order valence-corrected chi connectivity index (χ3v) is 3.44. The highest BCUT2D eigenvalue weighted by molar-refractivity contribution is 5.02. The third-order valence-electron chi connectivity index (χ3n) is 3.44. The van der Waals surface area contributed by atoms with E-state index in [0.29, 0.717) is 0 Å². The van der Waals surface area contributed by atoms with E-state index in [1.165, 1.54) is 32.1 Å². The Bertz CT molecular complexity index is 295. The van der Waals surface area contributed by atoms with Gasteiger partial charge in [-0.1, -0.05) is 32.1 Å². The molecule has 0 aliphatic heterocycles. The number of hydrazine groups is 1. The van der Waals surface area contributed by atoms with E-state index in [4.69, 9.17) is 5.84 Å². The van der Waals surface area contributed by atoms with Gasteiger partial charge >= 0.3 is 0 Å². The highest BCUT2D eigenvalue weighted by atomic mass is 15.2. The standard InChI is InChI=1S/C12H20N4/c13-16-11(12-9-14-6-7-15-12)8-10-4-2-1-3-5-10/h6-7,9-11,16H,1-5,8,13H2. The second-order valence-electron chi connectivity index (χ2n) is 4.59. The van der Waals surface area contributed by atoms with Crippen molar-refractivity contribution in [1.82, 2.24) is 15.4 Å². The Balaban J connectivity index is 1.94. The monoisotopic (exact) mass is 220 g/mol. The summed E-state index contributed by atoms with van der Waals surface area (Å²) in [5, 5.41) is 0. The molecule has 1 heterocycles. The van der Waals surface area contributed by atoms with Crippen LogP contribution in [0.15, 0.2) is 18.6 Å². The van der Waals surface area contributed by atoms with Crippen LogP contribution in [-0.2, 0) is 0 Å². The summed E-state index contributed by atoms with van der Waals surface area (Å²) in [6.45, 7) is 0. The Hall–Kier alpha value is -1.00. The molecule has 1 fully saturated rings. The van der Waals surface area contributed by atoms with Crippen LogP contribution in [0.25, 0.3) is 0 Å². The molecule has 0 radical (unpaired) electrons. The molecule has 0 amide bonds. The highest BCUT2D eigenvalue weighted by Gasteiger charge is 2.20. The van der Waals surface area contributed by atoms with Crippen molar-refractivity contribution in [2.24, 2.45) is 11.8 Å².